The lowest BCUT2D eigenvalue weighted by Gasteiger charge is -2.32. The summed E-state index contributed by atoms with van der Waals surface area (Å²) in [5, 5.41) is 2.34. The van der Waals surface area contributed by atoms with Gasteiger partial charge in [0, 0.05) is 6.54 Å². The van der Waals surface area contributed by atoms with Crippen LogP contribution in [0, 0.1) is 0 Å². The molecule has 0 saturated carbocycles. The van der Waals surface area contributed by atoms with Crippen LogP contribution in [0.25, 0.3) is 0 Å². The van der Waals surface area contributed by atoms with Gasteiger partial charge in [-0.2, -0.15) is 0 Å². The van der Waals surface area contributed by atoms with Crippen LogP contribution in [-0.2, 0) is 16.1 Å². The van der Waals surface area contributed by atoms with Gasteiger partial charge in [0.05, 0.1) is 18.3 Å². The van der Waals surface area contributed by atoms with Gasteiger partial charge in [-0.1, -0.05) is 13.0 Å². The van der Waals surface area contributed by atoms with E-state index in [9.17, 15) is 9.59 Å². The number of aromatic nitrogens is 1. The molecule has 1 aromatic heterocycles. The van der Waals surface area contributed by atoms with Crippen molar-refractivity contribution in [1.29, 1.82) is 0 Å². The smallest absolute Gasteiger partial charge is 0.243 e. The number of nitrogen functional groups attached to an aromatic ring is 1. The molecule has 0 aromatic carbocycles. The minimum Gasteiger partial charge on any atom is -0.384 e. The molecular weight excluding hydrogens is 232 g/mol. The van der Waals surface area contributed by atoms with Gasteiger partial charge < -0.3 is 5.73 Å². The van der Waals surface area contributed by atoms with Crippen LogP contribution in [0.2, 0.25) is 0 Å². The number of rotatable bonds is 3. The molecule has 96 valence electrons. The highest BCUT2D eigenvalue weighted by Gasteiger charge is 2.32. The molecule has 2 heterocycles. The molecule has 0 bridgehead atoms. The minimum absolute atomic E-state index is 0.209. The highest BCUT2D eigenvalue weighted by Crippen LogP contribution is 2.13. The van der Waals surface area contributed by atoms with E-state index >= 15 is 0 Å². The largest absolute Gasteiger partial charge is 0.384 e. The summed E-state index contributed by atoms with van der Waals surface area (Å²) in [7, 11) is 0. The van der Waals surface area contributed by atoms with Crippen LogP contribution in [0.4, 0.5) is 5.82 Å². The average molecular weight is 248 g/mol. The quantitative estimate of drug-likeness (QED) is 0.729. The van der Waals surface area contributed by atoms with E-state index in [0.717, 1.165) is 5.69 Å². The van der Waals surface area contributed by atoms with E-state index in [2.05, 4.69) is 10.3 Å². The van der Waals surface area contributed by atoms with Crippen LogP contribution >= 0.6 is 0 Å². The monoisotopic (exact) mass is 248 g/mol. The Morgan fingerprint density at radius 2 is 2.28 bits per heavy atom. The van der Waals surface area contributed by atoms with Gasteiger partial charge in [-0.25, -0.2) is 4.98 Å². The number of hydrogen-bond acceptors (Lipinski definition) is 5. The lowest BCUT2D eigenvalue weighted by molar-refractivity contribution is -0.140. The first-order valence-corrected chi connectivity index (χ1v) is 5.89. The summed E-state index contributed by atoms with van der Waals surface area (Å²) >= 11 is 0. The van der Waals surface area contributed by atoms with Gasteiger partial charge >= 0.3 is 0 Å². The summed E-state index contributed by atoms with van der Waals surface area (Å²) in [6.07, 6.45) is 0.654. The van der Waals surface area contributed by atoms with Gasteiger partial charge in [-0.15, -0.1) is 0 Å². The van der Waals surface area contributed by atoms with Crippen LogP contribution in [0.15, 0.2) is 18.2 Å². The summed E-state index contributed by atoms with van der Waals surface area (Å²) < 4.78 is 0. The molecule has 2 amide bonds. The minimum atomic E-state index is -0.286. The number of nitrogens with two attached hydrogens (primary N) is 1. The first-order valence-electron chi connectivity index (χ1n) is 5.89. The van der Waals surface area contributed by atoms with E-state index in [1.54, 1.807) is 6.07 Å². The number of imide groups is 1. The molecule has 0 radical (unpaired) electrons. The Labute approximate surface area is 105 Å². The Morgan fingerprint density at radius 1 is 1.50 bits per heavy atom. The Hall–Kier alpha value is -1.95. The molecule has 6 nitrogen and oxygen atoms in total. The number of nitrogens with one attached hydrogen (secondary N) is 1. The van der Waals surface area contributed by atoms with Crippen LogP contribution in [0.5, 0.6) is 0 Å². The zero-order valence-electron chi connectivity index (χ0n) is 10.2. The van der Waals surface area contributed by atoms with Crippen LogP contribution in [-0.4, -0.2) is 34.3 Å². The van der Waals surface area contributed by atoms with E-state index in [4.69, 9.17) is 5.73 Å². The molecule has 18 heavy (non-hydrogen) atoms. The topological polar surface area (TPSA) is 88.3 Å². The average Bonchev–Trinajstić information content (AvgIpc) is 2.28. The predicted octanol–water partition coefficient (Wildman–Crippen LogP) is -0.0992. The fourth-order valence-electron chi connectivity index (χ4n) is 2.12. The SMILES string of the molecule is CCC1C(=O)NC(=O)CN1Cc1cccc(N)n1. The number of hydrogen-bond donors (Lipinski definition) is 2. The number of carbonyl (C=O) groups excluding carboxylic acids is 2. The molecule has 1 aliphatic rings. The third-order valence-corrected chi connectivity index (χ3v) is 2.93. The standard InChI is InChI=1S/C12H16N4O2/c1-2-9-12(18)15-11(17)7-16(9)6-8-4-3-5-10(13)14-8/h3-5,9H,2,6-7H2,1H3,(H2,13,14)(H,15,17,18). The third kappa shape index (κ3) is 2.65. The number of piperazine rings is 1. The lowest BCUT2D eigenvalue weighted by atomic mass is 10.1. The summed E-state index contributed by atoms with van der Waals surface area (Å²) in [6, 6.07) is 5.06. The highest BCUT2D eigenvalue weighted by atomic mass is 16.2. The summed E-state index contributed by atoms with van der Waals surface area (Å²) in [6.45, 7) is 2.57. The van der Waals surface area contributed by atoms with Crippen LogP contribution in [0.3, 0.4) is 0 Å². The molecular formula is C12H16N4O2. The van der Waals surface area contributed by atoms with E-state index in [0.29, 0.717) is 18.8 Å². The Morgan fingerprint density at radius 3 is 2.94 bits per heavy atom. The first-order chi connectivity index (χ1) is 8.60. The first kappa shape index (κ1) is 12.5. The summed E-state index contributed by atoms with van der Waals surface area (Å²) in [4.78, 5) is 29.1. The van der Waals surface area contributed by atoms with E-state index in [1.165, 1.54) is 0 Å². The molecule has 1 aromatic rings. The zero-order chi connectivity index (χ0) is 13.1. The van der Waals surface area contributed by atoms with Gasteiger partial charge in [0.25, 0.3) is 0 Å². The molecule has 2 rings (SSSR count). The van der Waals surface area contributed by atoms with Crippen molar-refractivity contribution >= 4 is 17.6 Å². The second kappa shape index (κ2) is 5.14. The molecule has 3 N–H and O–H groups in total. The van der Waals surface area contributed by atoms with Gasteiger partial charge in [0.1, 0.15) is 5.82 Å². The zero-order valence-corrected chi connectivity index (χ0v) is 10.2. The molecule has 1 atom stereocenters. The van der Waals surface area contributed by atoms with Crippen molar-refractivity contribution in [3.8, 4) is 0 Å². The van der Waals surface area contributed by atoms with Crippen LogP contribution in [0.1, 0.15) is 19.0 Å². The normalized spacial score (nSPS) is 20.8. The molecule has 1 aliphatic heterocycles. The second-order valence-electron chi connectivity index (χ2n) is 4.30. The molecule has 0 aliphatic carbocycles. The fraction of sp³-hybridized carbons (Fsp3) is 0.417. The van der Waals surface area contributed by atoms with Crippen molar-refractivity contribution in [2.75, 3.05) is 12.3 Å². The van der Waals surface area contributed by atoms with Gasteiger partial charge in [-0.05, 0) is 18.6 Å². The Kier molecular flexibility index (Phi) is 3.57. The number of nitrogens with zero attached hydrogens (tertiary/aromatic N) is 2. The van der Waals surface area contributed by atoms with Gasteiger partial charge in [0.15, 0.2) is 0 Å². The predicted molar refractivity (Wildman–Crippen MR) is 66.3 cm³/mol. The lowest BCUT2D eigenvalue weighted by Crippen LogP contribution is -2.57. The fourth-order valence-corrected chi connectivity index (χ4v) is 2.12. The number of pyridine rings is 1. The second-order valence-corrected chi connectivity index (χ2v) is 4.30. The number of carbonyl (C=O) groups is 2. The third-order valence-electron chi connectivity index (χ3n) is 2.93. The Bertz CT molecular complexity index is 475. The summed E-state index contributed by atoms with van der Waals surface area (Å²) in [5.41, 5.74) is 6.37. The molecule has 1 saturated heterocycles. The van der Waals surface area contributed by atoms with Gasteiger partial charge in [-0.3, -0.25) is 19.8 Å². The highest BCUT2D eigenvalue weighted by molar-refractivity contribution is 6.01. The number of amides is 2. The number of anilines is 1. The van der Waals surface area contributed by atoms with Crippen molar-refractivity contribution in [3.63, 3.8) is 0 Å². The molecule has 1 unspecified atom stereocenters. The van der Waals surface area contributed by atoms with Gasteiger partial charge in [0.2, 0.25) is 11.8 Å². The van der Waals surface area contributed by atoms with E-state index < -0.39 is 0 Å². The van der Waals surface area contributed by atoms with E-state index in [-0.39, 0.29) is 24.4 Å². The van der Waals surface area contributed by atoms with Crippen molar-refractivity contribution in [2.24, 2.45) is 0 Å². The maximum atomic E-state index is 11.7. The maximum Gasteiger partial charge on any atom is 0.243 e. The van der Waals surface area contributed by atoms with Crippen molar-refractivity contribution in [3.05, 3.63) is 23.9 Å². The summed E-state index contributed by atoms with van der Waals surface area (Å²) in [5.74, 6) is -0.0698. The molecule has 1 fully saturated rings. The Balaban J connectivity index is 2.15. The molecule has 6 heteroatoms. The van der Waals surface area contributed by atoms with Crippen molar-refractivity contribution < 1.29 is 9.59 Å². The van der Waals surface area contributed by atoms with Crippen molar-refractivity contribution in [1.82, 2.24) is 15.2 Å². The van der Waals surface area contributed by atoms with Crippen LogP contribution < -0.4 is 11.1 Å². The maximum absolute atomic E-state index is 11.7. The van der Waals surface area contributed by atoms with E-state index in [1.807, 2.05) is 24.0 Å². The van der Waals surface area contributed by atoms with Crippen molar-refractivity contribution in [2.45, 2.75) is 25.9 Å². The molecule has 0 spiro atoms.